The second-order valence-corrected chi connectivity index (χ2v) is 8.58. The molecule has 4 rings (SSSR count). The van der Waals surface area contributed by atoms with E-state index in [0.29, 0.717) is 16.1 Å². The van der Waals surface area contributed by atoms with Crippen LogP contribution in [0.2, 0.25) is 0 Å². The number of hydrogen-bond donors (Lipinski definition) is 1. The summed E-state index contributed by atoms with van der Waals surface area (Å²) in [5, 5.41) is 15.0. The smallest absolute Gasteiger partial charge is 0.293 e. The van der Waals surface area contributed by atoms with Crippen molar-refractivity contribution in [2.75, 3.05) is 11.1 Å². The normalized spacial score (nSPS) is 14.1. The van der Waals surface area contributed by atoms with Crippen molar-refractivity contribution in [1.29, 1.82) is 0 Å². The molecule has 0 unspecified atom stereocenters. The van der Waals surface area contributed by atoms with Crippen LogP contribution in [0.4, 0.5) is 11.4 Å². The number of hydrogen-bond acceptors (Lipinski definition) is 6. The van der Waals surface area contributed by atoms with E-state index in [1.54, 1.807) is 29.7 Å². The quantitative estimate of drug-likeness (QED) is 0.264. The number of aryl methyl sites for hydroxylation is 1. The summed E-state index contributed by atoms with van der Waals surface area (Å²) in [7, 11) is 0. The zero-order chi connectivity index (χ0) is 22.0. The van der Waals surface area contributed by atoms with Crippen molar-refractivity contribution < 1.29 is 9.72 Å². The number of fused-ring (bicyclic) bond motifs is 1. The molecule has 8 nitrogen and oxygen atoms in total. The molecule has 1 aromatic heterocycles. The first-order chi connectivity index (χ1) is 14.9. The van der Waals surface area contributed by atoms with Crippen molar-refractivity contribution in [3.8, 4) is 0 Å². The molecule has 1 aliphatic rings. The lowest BCUT2D eigenvalue weighted by molar-refractivity contribution is -0.384. The highest BCUT2D eigenvalue weighted by Crippen LogP contribution is 2.32. The van der Waals surface area contributed by atoms with Crippen LogP contribution in [0.25, 0.3) is 10.9 Å². The number of anilines is 1. The molecular formula is C22H22N4O4S. The van der Waals surface area contributed by atoms with E-state index in [1.165, 1.54) is 23.9 Å². The second-order valence-electron chi connectivity index (χ2n) is 7.64. The predicted molar refractivity (Wildman–Crippen MR) is 121 cm³/mol. The number of nitro groups is 1. The molecule has 0 saturated heterocycles. The molecule has 160 valence electrons. The zero-order valence-corrected chi connectivity index (χ0v) is 17.9. The lowest BCUT2D eigenvalue weighted by Crippen LogP contribution is -2.27. The van der Waals surface area contributed by atoms with Crippen LogP contribution in [0.5, 0.6) is 0 Å². The minimum atomic E-state index is -0.515. The number of amides is 1. The van der Waals surface area contributed by atoms with Crippen LogP contribution in [0.1, 0.15) is 37.3 Å². The molecule has 0 spiro atoms. The van der Waals surface area contributed by atoms with Crippen molar-refractivity contribution in [3.05, 3.63) is 68.5 Å². The minimum absolute atomic E-state index is 0.0114. The maximum absolute atomic E-state index is 13.2. The lowest BCUT2D eigenvalue weighted by atomic mass is 10.2. The summed E-state index contributed by atoms with van der Waals surface area (Å²) in [6.45, 7) is 1.75. The summed E-state index contributed by atoms with van der Waals surface area (Å²) in [5.74, 6) is -0.403. The van der Waals surface area contributed by atoms with Crippen LogP contribution in [0.3, 0.4) is 0 Å². The highest BCUT2D eigenvalue weighted by atomic mass is 32.2. The van der Waals surface area contributed by atoms with Gasteiger partial charge in [0.1, 0.15) is 5.69 Å². The fraction of sp³-hybridized carbons (Fsp3) is 0.318. The number of carbonyl (C=O) groups excluding carboxylic acids is 1. The first-order valence-corrected chi connectivity index (χ1v) is 11.1. The Hall–Kier alpha value is -3.20. The molecule has 31 heavy (non-hydrogen) atoms. The Labute approximate surface area is 182 Å². The summed E-state index contributed by atoms with van der Waals surface area (Å²) in [5.41, 5.74) is 1.25. The van der Waals surface area contributed by atoms with Gasteiger partial charge in [0, 0.05) is 12.1 Å². The summed E-state index contributed by atoms with van der Waals surface area (Å²) >= 11 is 1.18. The fourth-order valence-electron chi connectivity index (χ4n) is 3.93. The van der Waals surface area contributed by atoms with Gasteiger partial charge in [-0.15, -0.1) is 0 Å². The van der Waals surface area contributed by atoms with Gasteiger partial charge in [0.25, 0.3) is 11.2 Å². The van der Waals surface area contributed by atoms with Gasteiger partial charge in [-0.25, -0.2) is 4.98 Å². The molecule has 0 atom stereocenters. The Bertz CT molecular complexity index is 1220. The monoisotopic (exact) mass is 438 g/mol. The molecule has 1 N–H and O–H groups in total. The van der Waals surface area contributed by atoms with Gasteiger partial charge in [-0.2, -0.15) is 0 Å². The number of nitrogens with one attached hydrogen (secondary N) is 1. The van der Waals surface area contributed by atoms with Gasteiger partial charge in [-0.05, 0) is 43.5 Å². The topological polar surface area (TPSA) is 107 Å². The molecule has 1 fully saturated rings. The molecule has 1 heterocycles. The SMILES string of the molecule is Cc1ccc(NC(=O)CSc2nc3ccccc3c(=O)n2C2CCCC2)c([N+](=O)[O-])c1. The van der Waals surface area contributed by atoms with Crippen molar-refractivity contribution in [1.82, 2.24) is 9.55 Å². The molecule has 0 bridgehead atoms. The van der Waals surface area contributed by atoms with Crippen LogP contribution in [0.15, 0.2) is 52.4 Å². The molecule has 0 radical (unpaired) electrons. The summed E-state index contributed by atoms with van der Waals surface area (Å²) in [6.07, 6.45) is 3.95. The Morgan fingerprint density at radius 1 is 1.26 bits per heavy atom. The number of aromatic nitrogens is 2. The van der Waals surface area contributed by atoms with E-state index in [4.69, 9.17) is 0 Å². The van der Waals surface area contributed by atoms with Crippen molar-refractivity contribution in [2.45, 2.75) is 43.8 Å². The average Bonchev–Trinajstić information content (AvgIpc) is 3.28. The van der Waals surface area contributed by atoms with Crippen molar-refractivity contribution >= 4 is 39.9 Å². The van der Waals surface area contributed by atoms with Gasteiger partial charge in [-0.1, -0.05) is 42.8 Å². The molecule has 0 aliphatic heterocycles. The third-order valence-corrected chi connectivity index (χ3v) is 6.37. The van der Waals surface area contributed by atoms with E-state index in [-0.39, 0.29) is 28.7 Å². The third kappa shape index (κ3) is 4.46. The van der Waals surface area contributed by atoms with E-state index < -0.39 is 10.8 Å². The maximum atomic E-state index is 13.2. The van der Waals surface area contributed by atoms with Crippen LogP contribution in [-0.4, -0.2) is 26.1 Å². The highest BCUT2D eigenvalue weighted by molar-refractivity contribution is 7.99. The first-order valence-electron chi connectivity index (χ1n) is 10.1. The second kappa shape index (κ2) is 8.89. The van der Waals surface area contributed by atoms with Gasteiger partial charge in [0.05, 0.1) is 21.6 Å². The van der Waals surface area contributed by atoms with Crippen LogP contribution in [-0.2, 0) is 4.79 Å². The van der Waals surface area contributed by atoms with E-state index in [1.807, 2.05) is 12.1 Å². The molecular weight excluding hydrogens is 416 g/mol. The number of thioether (sulfide) groups is 1. The van der Waals surface area contributed by atoms with E-state index in [0.717, 1.165) is 31.2 Å². The molecule has 1 amide bonds. The molecule has 3 aromatic rings. The summed E-state index contributed by atoms with van der Waals surface area (Å²) < 4.78 is 1.72. The molecule has 2 aromatic carbocycles. The number of nitrogens with zero attached hydrogens (tertiary/aromatic N) is 3. The maximum Gasteiger partial charge on any atom is 0.293 e. The molecule has 1 aliphatic carbocycles. The van der Waals surface area contributed by atoms with Crippen molar-refractivity contribution in [2.24, 2.45) is 0 Å². The predicted octanol–water partition coefficient (Wildman–Crippen LogP) is 4.46. The van der Waals surface area contributed by atoms with Gasteiger partial charge < -0.3 is 5.32 Å². The Kier molecular flexibility index (Phi) is 6.03. The van der Waals surface area contributed by atoms with E-state index in [9.17, 15) is 19.7 Å². The Morgan fingerprint density at radius 2 is 2.00 bits per heavy atom. The van der Waals surface area contributed by atoms with Crippen LogP contribution in [0, 0.1) is 17.0 Å². The standard InChI is InChI=1S/C22H22N4O4S/c1-14-10-11-18(19(12-14)26(29)30)23-20(27)13-31-22-24-17-9-5-4-8-16(17)21(28)25(22)15-6-2-3-7-15/h4-5,8-12,15H,2-3,6-7,13H2,1H3,(H,23,27). The summed E-state index contributed by atoms with van der Waals surface area (Å²) in [4.78, 5) is 41.1. The molecule has 1 saturated carbocycles. The number of rotatable bonds is 6. The van der Waals surface area contributed by atoms with Crippen LogP contribution >= 0.6 is 11.8 Å². The number of para-hydroxylation sites is 1. The van der Waals surface area contributed by atoms with Gasteiger partial charge in [0.15, 0.2) is 5.16 Å². The zero-order valence-electron chi connectivity index (χ0n) is 17.0. The molecule has 9 heteroatoms. The highest BCUT2D eigenvalue weighted by Gasteiger charge is 2.24. The van der Waals surface area contributed by atoms with E-state index in [2.05, 4.69) is 10.3 Å². The Morgan fingerprint density at radius 3 is 2.74 bits per heavy atom. The largest absolute Gasteiger partial charge is 0.320 e. The average molecular weight is 439 g/mol. The number of nitro benzene ring substituents is 1. The third-order valence-electron chi connectivity index (χ3n) is 5.42. The lowest BCUT2D eigenvalue weighted by Gasteiger charge is -2.18. The number of carbonyl (C=O) groups is 1. The first kappa shape index (κ1) is 21.0. The van der Waals surface area contributed by atoms with Crippen molar-refractivity contribution in [3.63, 3.8) is 0 Å². The fourth-order valence-corrected chi connectivity index (χ4v) is 4.79. The Balaban J connectivity index is 1.59. The minimum Gasteiger partial charge on any atom is -0.320 e. The van der Waals surface area contributed by atoms with Gasteiger partial charge in [0.2, 0.25) is 5.91 Å². The summed E-state index contributed by atoms with van der Waals surface area (Å²) in [6, 6.07) is 11.9. The van der Waals surface area contributed by atoms with Gasteiger partial charge >= 0.3 is 0 Å². The van der Waals surface area contributed by atoms with Crippen LogP contribution < -0.4 is 10.9 Å². The van der Waals surface area contributed by atoms with E-state index >= 15 is 0 Å². The van der Waals surface area contributed by atoms with Gasteiger partial charge in [-0.3, -0.25) is 24.3 Å². The number of benzene rings is 2.